The SMILES string of the molecule is C=CC(C)(CCl)Cc1cccc(Cl)c1Cl. The Morgan fingerprint density at radius 3 is 2.60 bits per heavy atom. The topological polar surface area (TPSA) is 0 Å². The Labute approximate surface area is 106 Å². The lowest BCUT2D eigenvalue weighted by atomic mass is 9.86. The van der Waals surface area contributed by atoms with Gasteiger partial charge in [-0.25, -0.2) is 0 Å². The molecule has 3 heteroatoms. The molecule has 0 aromatic heterocycles. The molecule has 0 heterocycles. The first kappa shape index (κ1) is 12.9. The van der Waals surface area contributed by atoms with E-state index >= 15 is 0 Å². The maximum atomic E-state index is 6.10. The Hall–Kier alpha value is -0.170. The molecule has 0 aliphatic rings. The maximum absolute atomic E-state index is 6.10. The second-order valence-corrected chi connectivity index (χ2v) is 4.93. The molecule has 0 spiro atoms. The highest BCUT2D eigenvalue weighted by molar-refractivity contribution is 6.42. The summed E-state index contributed by atoms with van der Waals surface area (Å²) in [6.45, 7) is 5.84. The first-order chi connectivity index (χ1) is 7.02. The van der Waals surface area contributed by atoms with Crippen molar-refractivity contribution >= 4 is 34.8 Å². The van der Waals surface area contributed by atoms with Crippen molar-refractivity contribution in [2.75, 3.05) is 5.88 Å². The molecule has 0 amide bonds. The number of hydrogen-bond donors (Lipinski definition) is 0. The van der Waals surface area contributed by atoms with Crippen LogP contribution < -0.4 is 0 Å². The summed E-state index contributed by atoms with van der Waals surface area (Å²) < 4.78 is 0. The highest BCUT2D eigenvalue weighted by atomic mass is 35.5. The third kappa shape index (κ3) is 3.14. The second-order valence-electron chi connectivity index (χ2n) is 3.88. The van der Waals surface area contributed by atoms with Crippen LogP contribution in [-0.4, -0.2) is 5.88 Å². The molecule has 1 aromatic carbocycles. The fourth-order valence-corrected chi connectivity index (χ4v) is 1.88. The largest absolute Gasteiger partial charge is 0.126 e. The van der Waals surface area contributed by atoms with Crippen LogP contribution in [-0.2, 0) is 6.42 Å². The van der Waals surface area contributed by atoms with E-state index in [0.717, 1.165) is 12.0 Å². The molecule has 0 radical (unpaired) electrons. The molecular formula is C12H13Cl3. The minimum atomic E-state index is -0.143. The fraction of sp³-hybridized carbons (Fsp3) is 0.333. The highest BCUT2D eigenvalue weighted by Gasteiger charge is 2.21. The Bertz CT molecular complexity index is 360. The van der Waals surface area contributed by atoms with Crippen molar-refractivity contribution in [2.24, 2.45) is 5.41 Å². The van der Waals surface area contributed by atoms with E-state index in [2.05, 4.69) is 6.58 Å². The zero-order valence-electron chi connectivity index (χ0n) is 8.56. The lowest BCUT2D eigenvalue weighted by molar-refractivity contribution is 0.486. The van der Waals surface area contributed by atoms with Gasteiger partial charge in [-0.1, -0.05) is 48.3 Å². The molecule has 82 valence electrons. The van der Waals surface area contributed by atoms with Crippen LogP contribution in [0.15, 0.2) is 30.9 Å². The maximum Gasteiger partial charge on any atom is 0.0624 e. The normalized spacial score (nSPS) is 14.7. The van der Waals surface area contributed by atoms with Gasteiger partial charge in [-0.05, 0) is 18.1 Å². The molecule has 0 aliphatic heterocycles. The molecule has 0 fully saturated rings. The van der Waals surface area contributed by atoms with Crippen molar-refractivity contribution in [3.8, 4) is 0 Å². The molecule has 0 bridgehead atoms. The van der Waals surface area contributed by atoms with E-state index in [0.29, 0.717) is 15.9 Å². The van der Waals surface area contributed by atoms with Gasteiger partial charge in [0.05, 0.1) is 10.0 Å². The molecule has 1 unspecified atom stereocenters. The molecular weight excluding hydrogens is 250 g/mol. The summed E-state index contributed by atoms with van der Waals surface area (Å²) in [6, 6.07) is 5.63. The van der Waals surface area contributed by atoms with Crippen LogP contribution >= 0.6 is 34.8 Å². The molecule has 0 saturated carbocycles. The van der Waals surface area contributed by atoms with Gasteiger partial charge in [-0.3, -0.25) is 0 Å². The van der Waals surface area contributed by atoms with Crippen molar-refractivity contribution in [1.82, 2.24) is 0 Å². The Morgan fingerprint density at radius 2 is 2.07 bits per heavy atom. The van der Waals surface area contributed by atoms with Gasteiger partial charge < -0.3 is 0 Å². The molecule has 0 saturated heterocycles. The fourth-order valence-electron chi connectivity index (χ4n) is 1.29. The van der Waals surface area contributed by atoms with Gasteiger partial charge in [0.1, 0.15) is 0 Å². The number of halogens is 3. The van der Waals surface area contributed by atoms with E-state index in [-0.39, 0.29) is 5.41 Å². The lowest BCUT2D eigenvalue weighted by Crippen LogP contribution is -2.18. The molecule has 15 heavy (non-hydrogen) atoms. The number of alkyl halides is 1. The van der Waals surface area contributed by atoms with Crippen molar-refractivity contribution < 1.29 is 0 Å². The smallest absolute Gasteiger partial charge is 0.0624 e. The van der Waals surface area contributed by atoms with Crippen LogP contribution in [0, 0.1) is 5.41 Å². The highest BCUT2D eigenvalue weighted by Crippen LogP contribution is 2.32. The van der Waals surface area contributed by atoms with Crippen molar-refractivity contribution in [3.05, 3.63) is 46.5 Å². The minimum Gasteiger partial charge on any atom is -0.126 e. The first-order valence-corrected chi connectivity index (χ1v) is 5.94. The molecule has 1 atom stereocenters. The summed E-state index contributed by atoms with van der Waals surface area (Å²) in [5, 5.41) is 1.19. The van der Waals surface area contributed by atoms with Gasteiger partial charge in [-0.15, -0.1) is 18.2 Å². The average molecular weight is 264 g/mol. The van der Waals surface area contributed by atoms with Crippen LogP contribution in [0.2, 0.25) is 10.0 Å². The summed E-state index contributed by atoms with van der Waals surface area (Å²) in [6.07, 6.45) is 2.61. The molecule has 1 rings (SSSR count). The number of rotatable bonds is 4. The van der Waals surface area contributed by atoms with Crippen molar-refractivity contribution in [3.63, 3.8) is 0 Å². The summed E-state index contributed by atoms with van der Waals surface area (Å²) in [5.41, 5.74) is 0.864. The Balaban J connectivity index is 2.98. The van der Waals surface area contributed by atoms with Crippen molar-refractivity contribution in [2.45, 2.75) is 13.3 Å². The second kappa shape index (κ2) is 5.25. The van der Waals surface area contributed by atoms with E-state index in [1.807, 2.05) is 25.1 Å². The molecule has 1 aromatic rings. The summed E-state index contributed by atoms with van der Waals surface area (Å²) in [4.78, 5) is 0. The van der Waals surface area contributed by atoms with Crippen molar-refractivity contribution in [1.29, 1.82) is 0 Å². The van der Waals surface area contributed by atoms with Gasteiger partial charge in [-0.2, -0.15) is 0 Å². The van der Waals surface area contributed by atoms with Crippen LogP contribution in [0.25, 0.3) is 0 Å². The molecule has 0 nitrogen and oxygen atoms in total. The summed E-state index contributed by atoms with van der Waals surface area (Å²) in [5.74, 6) is 0.513. The zero-order chi connectivity index (χ0) is 11.5. The van der Waals surface area contributed by atoms with Crippen LogP contribution in [0.5, 0.6) is 0 Å². The van der Waals surface area contributed by atoms with Gasteiger partial charge >= 0.3 is 0 Å². The number of hydrogen-bond acceptors (Lipinski definition) is 0. The van der Waals surface area contributed by atoms with E-state index < -0.39 is 0 Å². The van der Waals surface area contributed by atoms with E-state index in [1.165, 1.54) is 0 Å². The Kier molecular flexibility index (Phi) is 4.51. The van der Waals surface area contributed by atoms with Gasteiger partial charge in [0.2, 0.25) is 0 Å². The quantitative estimate of drug-likeness (QED) is 0.532. The van der Waals surface area contributed by atoms with Gasteiger partial charge in [0, 0.05) is 11.3 Å². The van der Waals surface area contributed by atoms with Gasteiger partial charge in [0.25, 0.3) is 0 Å². The van der Waals surface area contributed by atoms with Crippen LogP contribution in [0.1, 0.15) is 12.5 Å². The van der Waals surface area contributed by atoms with Crippen LogP contribution in [0.3, 0.4) is 0 Å². The molecule has 0 aliphatic carbocycles. The van der Waals surface area contributed by atoms with E-state index in [4.69, 9.17) is 34.8 Å². The van der Waals surface area contributed by atoms with E-state index in [9.17, 15) is 0 Å². The standard InChI is InChI=1S/C12H13Cl3/c1-3-12(2,8-13)7-9-5-4-6-10(14)11(9)15/h3-6H,1,7-8H2,2H3. The average Bonchev–Trinajstić information content (AvgIpc) is 2.25. The monoisotopic (exact) mass is 262 g/mol. The number of allylic oxidation sites excluding steroid dienone is 1. The summed E-state index contributed by atoms with van der Waals surface area (Å²) >= 11 is 17.9. The predicted molar refractivity (Wildman–Crippen MR) is 69.2 cm³/mol. The first-order valence-electron chi connectivity index (χ1n) is 4.65. The Morgan fingerprint density at radius 1 is 1.40 bits per heavy atom. The minimum absolute atomic E-state index is 0.143. The zero-order valence-corrected chi connectivity index (χ0v) is 10.8. The third-order valence-electron chi connectivity index (χ3n) is 2.42. The van der Waals surface area contributed by atoms with Gasteiger partial charge in [0.15, 0.2) is 0 Å². The summed E-state index contributed by atoms with van der Waals surface area (Å²) in [7, 11) is 0. The molecule has 0 N–H and O–H groups in total. The lowest BCUT2D eigenvalue weighted by Gasteiger charge is -2.23. The number of benzene rings is 1. The predicted octanol–water partition coefficient (Wildman–Crippen LogP) is 4.97. The van der Waals surface area contributed by atoms with E-state index in [1.54, 1.807) is 6.07 Å². The van der Waals surface area contributed by atoms with Crippen LogP contribution in [0.4, 0.5) is 0 Å². The third-order valence-corrected chi connectivity index (χ3v) is 3.89.